The zero-order valence-electron chi connectivity index (χ0n) is 14.8. The molecule has 13 heteroatoms. The molecule has 1 atom stereocenters. The highest BCUT2D eigenvalue weighted by Gasteiger charge is 2.35. The molecule has 1 aromatic carbocycles. The molecular weight excluding hydrogens is 407 g/mol. The number of nitrogens with two attached hydrogens (primary N) is 1. The lowest BCUT2D eigenvalue weighted by atomic mass is 10.1. The second kappa shape index (κ2) is 6.81. The molecule has 1 unspecified atom stereocenters. The monoisotopic (exact) mass is 419 g/mol. The number of aliphatic hydroxyl groups excluding tert-OH is 1. The Morgan fingerprint density at radius 3 is 2.63 bits per heavy atom. The van der Waals surface area contributed by atoms with E-state index in [0.717, 1.165) is 17.0 Å². The zero-order chi connectivity index (χ0) is 21.6. The summed E-state index contributed by atoms with van der Waals surface area (Å²) in [4.78, 5) is 39.6. The van der Waals surface area contributed by atoms with Crippen LogP contribution in [0, 0.1) is 0 Å². The molecule has 0 saturated heterocycles. The van der Waals surface area contributed by atoms with Crippen molar-refractivity contribution in [2.24, 2.45) is 10.7 Å². The van der Waals surface area contributed by atoms with Crippen molar-refractivity contribution >= 4 is 29.2 Å². The van der Waals surface area contributed by atoms with E-state index in [1.807, 2.05) is 0 Å². The van der Waals surface area contributed by atoms with Crippen molar-refractivity contribution in [3.05, 3.63) is 58.3 Å². The Morgan fingerprint density at radius 1 is 1.23 bits per heavy atom. The first-order valence-corrected chi connectivity index (χ1v) is 8.34. The number of amides is 1. The van der Waals surface area contributed by atoms with Crippen LogP contribution in [0.2, 0.25) is 0 Å². The predicted octanol–water partition coefficient (Wildman–Crippen LogP) is 0.907. The Balaban J connectivity index is 2.05. The minimum Gasteiger partial charge on any atom is -0.364 e. The second-order valence-electron chi connectivity index (χ2n) is 6.11. The Bertz CT molecular complexity index is 1280. The van der Waals surface area contributed by atoms with Gasteiger partial charge < -0.3 is 15.8 Å². The molecule has 3 heterocycles. The number of hydrogen-bond donors (Lipinski definition) is 3. The SMILES string of the molecule is NC(=O)c1nc(N2C=CC=NC2O)nc2c1[nH]c(=O)n2-c1ccccc1C(F)(F)F. The highest BCUT2D eigenvalue weighted by molar-refractivity contribution is 6.02. The van der Waals surface area contributed by atoms with Crippen molar-refractivity contribution in [1.82, 2.24) is 19.5 Å². The molecule has 3 aromatic rings. The third-order valence-corrected chi connectivity index (χ3v) is 4.24. The van der Waals surface area contributed by atoms with E-state index in [0.29, 0.717) is 4.57 Å². The fourth-order valence-corrected chi connectivity index (χ4v) is 2.98. The van der Waals surface area contributed by atoms with E-state index in [4.69, 9.17) is 5.73 Å². The van der Waals surface area contributed by atoms with Gasteiger partial charge in [-0.3, -0.25) is 9.69 Å². The number of H-pyrrole nitrogens is 1. The Morgan fingerprint density at radius 2 is 1.97 bits per heavy atom. The quantitative estimate of drug-likeness (QED) is 0.576. The van der Waals surface area contributed by atoms with Gasteiger partial charge in [0, 0.05) is 12.4 Å². The number of halogens is 3. The third kappa shape index (κ3) is 3.10. The standard InChI is InChI=1S/C17H12F3N7O3/c18-17(19,20)8-4-1-2-5-9(8)27-13-11(24-16(27)30)10(12(21)28)23-14(25-13)26-7-3-6-22-15(26)29/h1-7,15,29H,(H2,21,28)(H,24,30). The lowest BCUT2D eigenvalue weighted by molar-refractivity contribution is -0.137. The predicted molar refractivity (Wildman–Crippen MR) is 99.1 cm³/mol. The third-order valence-electron chi connectivity index (χ3n) is 4.24. The topological polar surface area (TPSA) is 142 Å². The van der Waals surface area contributed by atoms with Crippen molar-refractivity contribution < 1.29 is 23.1 Å². The molecule has 1 aliphatic heterocycles. The molecule has 0 aliphatic carbocycles. The molecule has 30 heavy (non-hydrogen) atoms. The van der Waals surface area contributed by atoms with E-state index in [1.165, 1.54) is 30.6 Å². The van der Waals surface area contributed by atoms with Gasteiger partial charge in [-0.05, 0) is 18.2 Å². The van der Waals surface area contributed by atoms with Gasteiger partial charge >= 0.3 is 11.9 Å². The number of benzene rings is 1. The molecular formula is C17H12F3N7O3. The van der Waals surface area contributed by atoms with Crippen molar-refractivity contribution in [1.29, 1.82) is 0 Å². The van der Waals surface area contributed by atoms with Gasteiger partial charge in [-0.15, -0.1) is 0 Å². The van der Waals surface area contributed by atoms with E-state index >= 15 is 0 Å². The average molecular weight is 419 g/mol. The number of aliphatic hydroxyl groups is 1. The number of aromatic nitrogens is 4. The molecule has 4 N–H and O–H groups in total. The first-order valence-electron chi connectivity index (χ1n) is 8.34. The van der Waals surface area contributed by atoms with Crippen LogP contribution in [0.15, 0.2) is 46.3 Å². The minimum atomic E-state index is -4.76. The largest absolute Gasteiger partial charge is 0.418 e. The number of aliphatic imine (C=N–C) groups is 1. The number of hydrogen-bond acceptors (Lipinski definition) is 7. The van der Waals surface area contributed by atoms with Crippen LogP contribution in [-0.2, 0) is 6.18 Å². The number of fused-ring (bicyclic) bond motifs is 1. The maximum atomic E-state index is 13.5. The number of anilines is 1. The van der Waals surface area contributed by atoms with Gasteiger partial charge in [-0.2, -0.15) is 18.2 Å². The summed E-state index contributed by atoms with van der Waals surface area (Å²) in [6.07, 6.45) is -2.13. The van der Waals surface area contributed by atoms with E-state index in [2.05, 4.69) is 19.9 Å². The van der Waals surface area contributed by atoms with Gasteiger partial charge in [0.05, 0.1) is 11.3 Å². The van der Waals surface area contributed by atoms with Gasteiger partial charge in [-0.1, -0.05) is 12.1 Å². The number of alkyl halides is 3. The fraction of sp³-hybridized carbons (Fsp3) is 0.118. The minimum absolute atomic E-state index is 0.243. The molecule has 0 bridgehead atoms. The second-order valence-corrected chi connectivity index (χ2v) is 6.11. The molecule has 1 amide bonds. The molecule has 0 spiro atoms. The summed E-state index contributed by atoms with van der Waals surface area (Å²) in [6.45, 7) is 0. The zero-order valence-corrected chi connectivity index (χ0v) is 14.8. The Hall–Kier alpha value is -4.00. The smallest absolute Gasteiger partial charge is 0.364 e. The number of aromatic amines is 1. The Labute approximate surface area is 164 Å². The Kier molecular flexibility index (Phi) is 4.38. The summed E-state index contributed by atoms with van der Waals surface area (Å²) in [7, 11) is 0. The maximum absolute atomic E-state index is 13.5. The normalized spacial score (nSPS) is 16.4. The van der Waals surface area contributed by atoms with Crippen LogP contribution in [0.3, 0.4) is 0 Å². The summed E-state index contributed by atoms with van der Waals surface area (Å²) in [5.41, 5.74) is 1.75. The van der Waals surface area contributed by atoms with Gasteiger partial charge in [-0.25, -0.2) is 19.3 Å². The van der Waals surface area contributed by atoms with E-state index < -0.39 is 41.1 Å². The van der Waals surface area contributed by atoms with Crippen LogP contribution in [-0.4, -0.2) is 43.1 Å². The lowest BCUT2D eigenvalue weighted by Crippen LogP contribution is -2.33. The number of carbonyl (C=O) groups is 1. The van der Waals surface area contributed by atoms with Crippen LogP contribution in [0.1, 0.15) is 16.1 Å². The summed E-state index contributed by atoms with van der Waals surface area (Å²) in [6, 6.07) is 4.39. The van der Waals surface area contributed by atoms with Crippen LogP contribution in [0.4, 0.5) is 19.1 Å². The van der Waals surface area contributed by atoms with Crippen molar-refractivity contribution in [2.75, 3.05) is 4.90 Å². The van der Waals surface area contributed by atoms with Gasteiger partial charge in [0.1, 0.15) is 5.52 Å². The number of para-hydroxylation sites is 1. The number of nitrogens with one attached hydrogen (secondary N) is 1. The molecule has 0 fully saturated rings. The molecule has 2 aromatic heterocycles. The summed E-state index contributed by atoms with van der Waals surface area (Å²) < 4.78 is 41.2. The van der Waals surface area contributed by atoms with Crippen LogP contribution >= 0.6 is 0 Å². The van der Waals surface area contributed by atoms with Gasteiger partial charge in [0.25, 0.3) is 5.91 Å². The number of rotatable bonds is 3. The number of nitrogens with zero attached hydrogens (tertiary/aromatic N) is 5. The number of imidazole rings is 1. The molecule has 154 valence electrons. The summed E-state index contributed by atoms with van der Waals surface area (Å²) >= 11 is 0. The van der Waals surface area contributed by atoms with Crippen molar-refractivity contribution in [2.45, 2.75) is 12.5 Å². The van der Waals surface area contributed by atoms with Crippen molar-refractivity contribution in [3.8, 4) is 5.69 Å². The van der Waals surface area contributed by atoms with Crippen molar-refractivity contribution in [3.63, 3.8) is 0 Å². The molecule has 1 aliphatic rings. The summed E-state index contributed by atoms with van der Waals surface area (Å²) in [5, 5.41) is 10.0. The van der Waals surface area contributed by atoms with Crippen LogP contribution < -0.4 is 16.3 Å². The highest BCUT2D eigenvalue weighted by Crippen LogP contribution is 2.34. The molecule has 0 saturated carbocycles. The fourth-order valence-electron chi connectivity index (χ4n) is 2.98. The summed E-state index contributed by atoms with van der Waals surface area (Å²) in [5.74, 6) is -1.35. The van der Waals surface area contributed by atoms with Crippen LogP contribution in [0.5, 0.6) is 0 Å². The van der Waals surface area contributed by atoms with Crippen LogP contribution in [0.25, 0.3) is 16.9 Å². The molecule has 10 nitrogen and oxygen atoms in total. The first-order chi connectivity index (χ1) is 14.2. The number of primary amides is 1. The van der Waals surface area contributed by atoms with Gasteiger partial charge in [0.2, 0.25) is 12.3 Å². The average Bonchev–Trinajstić information content (AvgIpc) is 3.02. The van der Waals surface area contributed by atoms with E-state index in [1.54, 1.807) is 0 Å². The maximum Gasteiger partial charge on any atom is 0.418 e. The molecule has 4 rings (SSSR count). The first kappa shape index (κ1) is 19.3. The number of allylic oxidation sites excluding steroid dienone is 1. The van der Waals surface area contributed by atoms with Gasteiger partial charge in [0.15, 0.2) is 11.3 Å². The van der Waals surface area contributed by atoms with E-state index in [9.17, 15) is 27.9 Å². The highest BCUT2D eigenvalue weighted by atomic mass is 19.4. The molecule has 0 radical (unpaired) electrons. The van der Waals surface area contributed by atoms with E-state index in [-0.39, 0.29) is 17.1 Å². The number of carbonyl (C=O) groups excluding carboxylic acids is 1. The lowest BCUT2D eigenvalue weighted by Gasteiger charge is -2.23.